The van der Waals surface area contributed by atoms with Gasteiger partial charge in [-0.2, -0.15) is 4.98 Å². The summed E-state index contributed by atoms with van der Waals surface area (Å²) in [6.07, 6.45) is 4.63. The predicted octanol–water partition coefficient (Wildman–Crippen LogP) is 1.44. The molecule has 5 rings (SSSR count). The minimum atomic E-state index is -0.0804. The Bertz CT molecular complexity index is 1030. The number of nitrogens with zero attached hydrogens (tertiary/aromatic N) is 5. The maximum absolute atomic E-state index is 13.4. The van der Waals surface area contributed by atoms with Gasteiger partial charge < -0.3 is 10.4 Å². The molecule has 1 aromatic carbocycles. The van der Waals surface area contributed by atoms with Gasteiger partial charge in [-0.1, -0.05) is 30.4 Å². The van der Waals surface area contributed by atoms with Crippen LogP contribution in [-0.2, 0) is 6.54 Å². The molecule has 0 bridgehead atoms. The number of aliphatic imine (C=N–C) groups is 1. The number of amides is 1. The zero-order chi connectivity index (χ0) is 20.8. The van der Waals surface area contributed by atoms with E-state index in [9.17, 15) is 9.90 Å². The summed E-state index contributed by atoms with van der Waals surface area (Å²) in [5.41, 5.74) is 1.80. The summed E-state index contributed by atoms with van der Waals surface area (Å²) in [5, 5.41) is 13.4. The molecule has 1 fully saturated rings. The molecule has 154 valence electrons. The molecule has 0 atom stereocenters. The number of fused-ring (bicyclic) bond motifs is 3. The molecule has 0 unspecified atom stereocenters. The van der Waals surface area contributed by atoms with E-state index in [1.807, 2.05) is 22.5 Å². The molecule has 30 heavy (non-hydrogen) atoms. The van der Waals surface area contributed by atoms with E-state index in [0.717, 1.165) is 24.9 Å². The highest BCUT2D eigenvalue weighted by atomic mass is 16.3. The molecule has 2 aliphatic heterocycles. The van der Waals surface area contributed by atoms with Crippen molar-refractivity contribution in [2.24, 2.45) is 4.99 Å². The molecule has 2 aromatic rings. The fourth-order valence-electron chi connectivity index (χ4n) is 4.61. The minimum absolute atomic E-state index is 0.0573. The number of benzene rings is 1. The number of aromatic hydroxyl groups is 1. The number of anilines is 2. The number of rotatable bonds is 5. The maximum atomic E-state index is 13.4. The molecule has 1 saturated carbocycles. The molecule has 3 heterocycles. The summed E-state index contributed by atoms with van der Waals surface area (Å²) < 4.78 is 1.96. The van der Waals surface area contributed by atoms with Crippen LogP contribution in [0.15, 0.2) is 23.2 Å². The van der Waals surface area contributed by atoms with E-state index in [-0.39, 0.29) is 11.7 Å². The third kappa shape index (κ3) is 3.03. The Balaban J connectivity index is 1.60. The number of hydrogen-bond donors (Lipinski definition) is 2. The number of nitrogens with one attached hydrogen (secondary N) is 1. The first-order chi connectivity index (χ1) is 14.6. The lowest BCUT2D eigenvalue weighted by Gasteiger charge is -2.32. The minimum Gasteiger partial charge on any atom is -0.509 e. The number of phenolic OH excluding ortho intramolecular Hbond substituents is 1. The van der Waals surface area contributed by atoms with Crippen LogP contribution < -0.4 is 15.7 Å². The van der Waals surface area contributed by atoms with Gasteiger partial charge in [-0.05, 0) is 31.4 Å². The number of phenols is 1. The van der Waals surface area contributed by atoms with Crippen LogP contribution in [0, 0.1) is 0 Å². The molecule has 0 spiro atoms. The fourth-order valence-corrected chi connectivity index (χ4v) is 4.61. The second-order valence-electron chi connectivity index (χ2n) is 8.10. The zero-order valence-corrected chi connectivity index (χ0v) is 17.1. The van der Waals surface area contributed by atoms with E-state index < -0.39 is 0 Å². The van der Waals surface area contributed by atoms with E-state index in [2.05, 4.69) is 10.3 Å². The molecule has 1 amide bonds. The average Bonchev–Trinajstić information content (AvgIpc) is 3.46. The largest absolute Gasteiger partial charge is 0.509 e. The van der Waals surface area contributed by atoms with Crippen molar-refractivity contribution in [2.45, 2.75) is 45.2 Å². The van der Waals surface area contributed by atoms with Gasteiger partial charge in [0.25, 0.3) is 5.91 Å². The number of carbonyl (C=O) groups is 1. The zero-order valence-electron chi connectivity index (χ0n) is 17.1. The van der Waals surface area contributed by atoms with Crippen molar-refractivity contribution in [1.82, 2.24) is 14.5 Å². The molecule has 1 aromatic heterocycles. The predicted molar refractivity (Wildman–Crippen MR) is 117 cm³/mol. The van der Waals surface area contributed by atoms with E-state index in [1.165, 1.54) is 12.8 Å². The summed E-state index contributed by atoms with van der Waals surface area (Å²) in [7, 11) is 5.91. The van der Waals surface area contributed by atoms with E-state index >= 15 is 0 Å². The van der Waals surface area contributed by atoms with Crippen molar-refractivity contribution in [3.8, 4) is 5.75 Å². The van der Waals surface area contributed by atoms with Crippen LogP contribution in [0.2, 0.25) is 0 Å². The Morgan fingerprint density at radius 3 is 2.83 bits per heavy atom. The molecule has 9 heteroatoms. The van der Waals surface area contributed by atoms with E-state index in [0.29, 0.717) is 54.6 Å². The van der Waals surface area contributed by atoms with Crippen molar-refractivity contribution in [3.63, 3.8) is 0 Å². The van der Waals surface area contributed by atoms with Gasteiger partial charge in [0, 0.05) is 19.1 Å². The number of imidazole rings is 1. The van der Waals surface area contributed by atoms with Crippen molar-refractivity contribution in [1.29, 1.82) is 0 Å². The van der Waals surface area contributed by atoms with Crippen molar-refractivity contribution in [3.05, 3.63) is 29.5 Å². The standard InChI is InChI=1S/C21H25BN6O2/c1-2-26-19(30)17-18(27-10-9-23-21(26)27)25-20(24-14-5-3-4-6-14)28(17)12-13-7-8-16(29)15(22)11-13/h7-8,11,14,29H,2-6,9-10,12H2,1H3,(H,24,25). The van der Waals surface area contributed by atoms with Crippen LogP contribution in [0.25, 0.3) is 0 Å². The van der Waals surface area contributed by atoms with Crippen molar-refractivity contribution < 1.29 is 9.90 Å². The summed E-state index contributed by atoms with van der Waals surface area (Å²) in [6, 6.07) is 5.52. The first-order valence-electron chi connectivity index (χ1n) is 10.6. The smallest absolute Gasteiger partial charge is 0.281 e. The lowest BCUT2D eigenvalue weighted by molar-refractivity contribution is 0.0836. The second kappa shape index (κ2) is 7.38. The normalized spacial score (nSPS) is 18.6. The first kappa shape index (κ1) is 19.0. The van der Waals surface area contributed by atoms with Crippen molar-refractivity contribution in [2.75, 3.05) is 29.9 Å². The Kier molecular flexibility index (Phi) is 4.68. The quantitative estimate of drug-likeness (QED) is 0.737. The SMILES string of the molecule is [B]c1cc(Cn2c(NC3CCCC3)nc3c2C(=O)N(CC)C2=NCCN23)ccc1O. The number of carbonyl (C=O) groups excluding carboxylic acids is 1. The molecule has 1 aliphatic carbocycles. The highest BCUT2D eigenvalue weighted by Crippen LogP contribution is 2.34. The summed E-state index contributed by atoms with van der Waals surface area (Å²) in [5.74, 6) is 2.05. The van der Waals surface area contributed by atoms with Gasteiger partial charge in [-0.3, -0.25) is 24.2 Å². The van der Waals surface area contributed by atoms with Crippen LogP contribution in [0.1, 0.15) is 48.7 Å². The number of hydrogen-bond acceptors (Lipinski definition) is 6. The van der Waals surface area contributed by atoms with Gasteiger partial charge >= 0.3 is 0 Å². The van der Waals surface area contributed by atoms with Gasteiger partial charge in [0.2, 0.25) is 11.9 Å². The van der Waals surface area contributed by atoms with Crippen LogP contribution >= 0.6 is 0 Å². The maximum Gasteiger partial charge on any atom is 0.281 e. The van der Waals surface area contributed by atoms with Crippen molar-refractivity contribution >= 4 is 36.9 Å². The summed E-state index contributed by atoms with van der Waals surface area (Å²) in [4.78, 5) is 26.6. The van der Waals surface area contributed by atoms with Crippen LogP contribution in [0.4, 0.5) is 11.8 Å². The van der Waals surface area contributed by atoms with Crippen LogP contribution in [-0.4, -0.2) is 64.9 Å². The Labute approximate surface area is 177 Å². The lowest BCUT2D eigenvalue weighted by atomic mass is 9.93. The monoisotopic (exact) mass is 404 g/mol. The van der Waals surface area contributed by atoms with Gasteiger partial charge in [-0.15, -0.1) is 0 Å². The van der Waals surface area contributed by atoms with E-state index in [4.69, 9.17) is 12.8 Å². The molecular formula is C21H25BN6O2. The Morgan fingerprint density at radius 2 is 2.10 bits per heavy atom. The third-order valence-corrected chi connectivity index (χ3v) is 6.15. The molecule has 2 N–H and O–H groups in total. The summed E-state index contributed by atoms with van der Waals surface area (Å²) in [6.45, 7) is 4.33. The fraction of sp³-hybridized carbons (Fsp3) is 0.476. The second-order valence-corrected chi connectivity index (χ2v) is 8.10. The van der Waals surface area contributed by atoms with Crippen LogP contribution in [0.5, 0.6) is 5.75 Å². The molecule has 0 saturated heterocycles. The summed E-state index contributed by atoms with van der Waals surface area (Å²) >= 11 is 0. The van der Waals surface area contributed by atoms with Gasteiger partial charge in [0.05, 0.1) is 13.1 Å². The molecule has 2 radical (unpaired) electrons. The number of aromatic nitrogens is 2. The van der Waals surface area contributed by atoms with Crippen LogP contribution in [0.3, 0.4) is 0 Å². The Morgan fingerprint density at radius 1 is 1.30 bits per heavy atom. The van der Waals surface area contributed by atoms with Gasteiger partial charge in [0.1, 0.15) is 13.6 Å². The molecular weight excluding hydrogens is 379 g/mol. The number of guanidine groups is 1. The molecule has 3 aliphatic rings. The average molecular weight is 404 g/mol. The van der Waals surface area contributed by atoms with E-state index in [1.54, 1.807) is 17.0 Å². The third-order valence-electron chi connectivity index (χ3n) is 6.15. The first-order valence-corrected chi connectivity index (χ1v) is 10.6. The molecule has 8 nitrogen and oxygen atoms in total. The topological polar surface area (TPSA) is 86.0 Å². The highest BCUT2D eigenvalue weighted by molar-refractivity contribution is 6.34. The highest BCUT2D eigenvalue weighted by Gasteiger charge is 2.41. The Hall–Kier alpha value is -2.97. The van der Waals surface area contributed by atoms with Gasteiger partial charge in [0.15, 0.2) is 11.5 Å². The van der Waals surface area contributed by atoms with Gasteiger partial charge in [-0.25, -0.2) is 0 Å². The lowest BCUT2D eigenvalue weighted by Crippen LogP contribution is -2.50.